The molecule has 0 unspecified atom stereocenters. The van der Waals surface area contributed by atoms with E-state index in [1.54, 1.807) is 30.5 Å². The monoisotopic (exact) mass is 306 g/mol. The number of benzene rings is 3. The maximum Gasteiger partial charge on any atom is 0.238 e. The molecule has 106 valence electrons. The molecule has 0 amide bonds. The Hall–Kier alpha value is -2.65. The largest absolute Gasteiger partial charge is 0.437 e. The van der Waals surface area contributed by atoms with Gasteiger partial charge in [-0.25, -0.2) is 9.97 Å². The molecule has 0 atom stereocenters. The molecule has 3 nitrogen and oxygen atoms in total. The topological polar surface area (TPSA) is 35.0 Å². The summed E-state index contributed by atoms with van der Waals surface area (Å²) in [5.74, 6) is 1.14. The molecule has 4 aromatic rings. The van der Waals surface area contributed by atoms with Crippen molar-refractivity contribution in [3.05, 3.63) is 71.9 Å². The number of rotatable bonds is 2. The number of ether oxygens (including phenoxy) is 1. The number of fused-ring (bicyclic) bond motifs is 2. The summed E-state index contributed by atoms with van der Waals surface area (Å²) in [5, 5.41) is 2.95. The molecule has 1 heterocycles. The minimum absolute atomic E-state index is 0.463. The average molecular weight is 307 g/mol. The van der Waals surface area contributed by atoms with E-state index in [2.05, 4.69) is 22.1 Å². The lowest BCUT2D eigenvalue weighted by Gasteiger charge is -2.06. The van der Waals surface area contributed by atoms with Gasteiger partial charge in [-0.2, -0.15) is 0 Å². The molecule has 0 spiro atoms. The van der Waals surface area contributed by atoms with Gasteiger partial charge in [0.05, 0.1) is 17.2 Å². The van der Waals surface area contributed by atoms with Gasteiger partial charge in [0.2, 0.25) is 5.88 Å². The lowest BCUT2D eigenvalue weighted by Crippen LogP contribution is -1.91. The molecule has 4 heteroatoms. The van der Waals surface area contributed by atoms with Crippen molar-refractivity contribution in [2.45, 2.75) is 0 Å². The molecular weight excluding hydrogens is 296 g/mol. The second kappa shape index (κ2) is 5.28. The van der Waals surface area contributed by atoms with Crippen molar-refractivity contribution in [1.29, 1.82) is 0 Å². The first kappa shape index (κ1) is 13.0. The lowest BCUT2D eigenvalue weighted by molar-refractivity contribution is 0.463. The number of aromatic nitrogens is 2. The molecule has 0 fully saturated rings. The van der Waals surface area contributed by atoms with Gasteiger partial charge in [-0.3, -0.25) is 0 Å². The Kier molecular flexibility index (Phi) is 3.13. The Morgan fingerprint density at radius 1 is 0.818 bits per heavy atom. The Morgan fingerprint density at radius 2 is 1.50 bits per heavy atom. The van der Waals surface area contributed by atoms with Gasteiger partial charge in [-0.15, -0.1) is 0 Å². The molecule has 0 saturated carbocycles. The van der Waals surface area contributed by atoms with Crippen LogP contribution >= 0.6 is 11.6 Å². The molecule has 4 rings (SSSR count). The fourth-order valence-corrected chi connectivity index (χ4v) is 2.48. The standard InChI is InChI=1S/C18H11ClN2O/c19-14-5-7-15(8-6-14)22-18-11-20-16-9-12-3-1-2-4-13(12)10-17(16)21-18/h1-11H. The predicted octanol–water partition coefficient (Wildman–Crippen LogP) is 5.23. The van der Waals surface area contributed by atoms with Crippen LogP contribution in [0.2, 0.25) is 5.02 Å². The van der Waals surface area contributed by atoms with E-state index < -0.39 is 0 Å². The Morgan fingerprint density at radius 3 is 2.23 bits per heavy atom. The molecule has 0 aliphatic carbocycles. The van der Waals surface area contributed by atoms with Crippen LogP contribution in [-0.2, 0) is 0 Å². The summed E-state index contributed by atoms with van der Waals surface area (Å²) in [6.45, 7) is 0. The summed E-state index contributed by atoms with van der Waals surface area (Å²) in [6.07, 6.45) is 1.63. The predicted molar refractivity (Wildman–Crippen MR) is 88.6 cm³/mol. The van der Waals surface area contributed by atoms with Gasteiger partial charge in [-0.05, 0) is 47.2 Å². The quantitative estimate of drug-likeness (QED) is 0.476. The minimum atomic E-state index is 0.463. The van der Waals surface area contributed by atoms with Crippen molar-refractivity contribution in [2.75, 3.05) is 0 Å². The average Bonchev–Trinajstić information content (AvgIpc) is 2.55. The molecule has 0 aliphatic heterocycles. The van der Waals surface area contributed by atoms with Crippen LogP contribution in [0.5, 0.6) is 11.6 Å². The van der Waals surface area contributed by atoms with Crippen molar-refractivity contribution in [3.63, 3.8) is 0 Å². The van der Waals surface area contributed by atoms with Crippen LogP contribution in [0.25, 0.3) is 21.8 Å². The molecule has 22 heavy (non-hydrogen) atoms. The van der Waals surface area contributed by atoms with E-state index in [1.807, 2.05) is 24.3 Å². The summed E-state index contributed by atoms with van der Waals surface area (Å²) < 4.78 is 5.72. The second-order valence-corrected chi connectivity index (χ2v) is 5.39. The first-order valence-electron chi connectivity index (χ1n) is 6.87. The number of hydrogen-bond acceptors (Lipinski definition) is 3. The molecule has 0 aliphatic rings. The Balaban J connectivity index is 1.76. The maximum atomic E-state index is 5.86. The zero-order valence-corrected chi connectivity index (χ0v) is 12.3. The van der Waals surface area contributed by atoms with E-state index in [1.165, 1.54) is 0 Å². The first-order chi connectivity index (χ1) is 10.8. The Labute approximate surface area is 132 Å². The van der Waals surface area contributed by atoms with Crippen molar-refractivity contribution in [2.24, 2.45) is 0 Å². The highest BCUT2D eigenvalue weighted by Gasteiger charge is 2.04. The fourth-order valence-electron chi connectivity index (χ4n) is 2.35. The van der Waals surface area contributed by atoms with E-state index >= 15 is 0 Å². The summed E-state index contributed by atoms with van der Waals surface area (Å²) in [6, 6.07) is 19.4. The number of nitrogens with zero attached hydrogens (tertiary/aromatic N) is 2. The Bertz CT molecular complexity index is 967. The molecule has 0 saturated heterocycles. The van der Waals surface area contributed by atoms with E-state index in [0.29, 0.717) is 16.7 Å². The number of hydrogen-bond donors (Lipinski definition) is 0. The van der Waals surface area contributed by atoms with E-state index in [4.69, 9.17) is 16.3 Å². The smallest absolute Gasteiger partial charge is 0.238 e. The highest BCUT2D eigenvalue weighted by Crippen LogP contribution is 2.25. The molecule has 1 aromatic heterocycles. The van der Waals surface area contributed by atoms with Gasteiger partial charge in [-0.1, -0.05) is 35.9 Å². The van der Waals surface area contributed by atoms with Gasteiger partial charge in [0.25, 0.3) is 0 Å². The second-order valence-electron chi connectivity index (χ2n) is 4.95. The summed E-state index contributed by atoms with van der Waals surface area (Å²) in [5.41, 5.74) is 1.66. The van der Waals surface area contributed by atoms with Crippen LogP contribution in [0.15, 0.2) is 66.9 Å². The molecule has 0 radical (unpaired) electrons. The molecule has 0 bridgehead atoms. The van der Waals surface area contributed by atoms with Gasteiger partial charge in [0.15, 0.2) is 0 Å². The maximum absolute atomic E-state index is 5.86. The van der Waals surface area contributed by atoms with E-state index in [9.17, 15) is 0 Å². The zero-order chi connectivity index (χ0) is 14.9. The van der Waals surface area contributed by atoms with E-state index in [0.717, 1.165) is 21.8 Å². The number of halogens is 1. The van der Waals surface area contributed by atoms with Crippen LogP contribution in [0, 0.1) is 0 Å². The van der Waals surface area contributed by atoms with Gasteiger partial charge < -0.3 is 4.74 Å². The van der Waals surface area contributed by atoms with Crippen LogP contribution in [-0.4, -0.2) is 9.97 Å². The summed E-state index contributed by atoms with van der Waals surface area (Å²) in [4.78, 5) is 8.96. The molecular formula is C18H11ClN2O. The summed E-state index contributed by atoms with van der Waals surface area (Å²) >= 11 is 5.86. The summed E-state index contributed by atoms with van der Waals surface area (Å²) in [7, 11) is 0. The SMILES string of the molecule is Clc1ccc(Oc2cnc3cc4ccccc4cc3n2)cc1. The highest BCUT2D eigenvalue weighted by molar-refractivity contribution is 6.30. The third-order valence-electron chi connectivity index (χ3n) is 3.42. The molecule has 0 N–H and O–H groups in total. The third kappa shape index (κ3) is 2.47. The van der Waals surface area contributed by atoms with Gasteiger partial charge >= 0.3 is 0 Å². The normalized spacial score (nSPS) is 11.0. The highest BCUT2D eigenvalue weighted by atomic mass is 35.5. The van der Waals surface area contributed by atoms with Crippen LogP contribution in [0.1, 0.15) is 0 Å². The molecule has 3 aromatic carbocycles. The lowest BCUT2D eigenvalue weighted by atomic mass is 10.1. The van der Waals surface area contributed by atoms with Gasteiger partial charge in [0, 0.05) is 5.02 Å². The van der Waals surface area contributed by atoms with Gasteiger partial charge in [0.1, 0.15) is 5.75 Å². The minimum Gasteiger partial charge on any atom is -0.437 e. The zero-order valence-electron chi connectivity index (χ0n) is 11.5. The van der Waals surface area contributed by atoms with Crippen molar-refractivity contribution in [3.8, 4) is 11.6 Å². The third-order valence-corrected chi connectivity index (χ3v) is 3.68. The van der Waals surface area contributed by atoms with E-state index in [-0.39, 0.29) is 0 Å². The fraction of sp³-hybridized carbons (Fsp3) is 0. The van der Waals surface area contributed by atoms with Crippen LogP contribution < -0.4 is 4.74 Å². The van der Waals surface area contributed by atoms with Crippen LogP contribution in [0.3, 0.4) is 0 Å². The van der Waals surface area contributed by atoms with Crippen molar-refractivity contribution >= 4 is 33.4 Å². The van der Waals surface area contributed by atoms with Crippen LogP contribution in [0.4, 0.5) is 0 Å². The van der Waals surface area contributed by atoms with Crippen molar-refractivity contribution < 1.29 is 4.74 Å². The first-order valence-corrected chi connectivity index (χ1v) is 7.25. The van der Waals surface area contributed by atoms with Crippen molar-refractivity contribution in [1.82, 2.24) is 9.97 Å².